The molecule has 138 valence electrons. The van der Waals surface area contributed by atoms with Crippen LogP contribution in [0.5, 0.6) is 0 Å². The minimum Gasteiger partial charge on any atom is -0.342 e. The van der Waals surface area contributed by atoms with E-state index in [1.165, 1.54) is 7.05 Å². The molecule has 3 aromatic rings. The van der Waals surface area contributed by atoms with Crippen LogP contribution in [0.25, 0.3) is 10.8 Å². The first-order valence-corrected chi connectivity index (χ1v) is 8.96. The summed E-state index contributed by atoms with van der Waals surface area (Å²) in [5.74, 6) is -0.886. The van der Waals surface area contributed by atoms with Gasteiger partial charge < -0.3 is 10.6 Å². The molecule has 7 nitrogen and oxygen atoms in total. The molecule has 0 saturated carbocycles. The lowest BCUT2D eigenvalue weighted by Crippen LogP contribution is -2.35. The molecule has 0 unspecified atom stereocenters. The predicted octanol–water partition coefficient (Wildman–Crippen LogP) is 2.37. The van der Waals surface area contributed by atoms with Crippen molar-refractivity contribution >= 4 is 44.2 Å². The van der Waals surface area contributed by atoms with Gasteiger partial charge in [0, 0.05) is 22.6 Å². The third kappa shape index (κ3) is 4.06. The fraction of sp³-hybridized carbons (Fsp3) is 0.158. The fourth-order valence-corrected chi connectivity index (χ4v) is 2.89. The molecule has 0 aliphatic rings. The van der Waals surface area contributed by atoms with E-state index >= 15 is 0 Å². The molecule has 0 radical (unpaired) electrons. The van der Waals surface area contributed by atoms with Gasteiger partial charge in [-0.25, -0.2) is 4.68 Å². The van der Waals surface area contributed by atoms with Crippen LogP contribution in [0.4, 0.5) is 5.69 Å². The smallest absolute Gasteiger partial charge is 0.274 e. The maximum absolute atomic E-state index is 12.5. The van der Waals surface area contributed by atoms with Crippen molar-refractivity contribution in [2.45, 2.75) is 6.92 Å². The number of nitrogens with one attached hydrogen (secondary N) is 2. The number of nitrogens with zero attached hydrogens (tertiary/aromatic N) is 2. The van der Waals surface area contributed by atoms with Crippen molar-refractivity contribution in [3.8, 4) is 0 Å². The van der Waals surface area contributed by atoms with E-state index in [1.54, 1.807) is 30.3 Å². The molecule has 1 aromatic heterocycles. The molecule has 0 atom stereocenters. The highest BCUT2D eigenvalue weighted by molar-refractivity contribution is 9.10. The molecule has 27 heavy (non-hydrogen) atoms. The Morgan fingerprint density at radius 2 is 1.85 bits per heavy atom. The van der Waals surface area contributed by atoms with Crippen molar-refractivity contribution in [1.82, 2.24) is 15.1 Å². The van der Waals surface area contributed by atoms with Gasteiger partial charge in [0.15, 0.2) is 5.69 Å². The second kappa shape index (κ2) is 7.71. The van der Waals surface area contributed by atoms with Gasteiger partial charge in [0.1, 0.15) is 0 Å². The maximum atomic E-state index is 12.5. The Labute approximate surface area is 163 Å². The first kappa shape index (κ1) is 18.8. The highest BCUT2D eigenvalue weighted by Crippen LogP contribution is 2.19. The number of amides is 2. The SMILES string of the molecule is Cc1cc(NC(=O)CNC(=O)c2nn(C)c(=O)c3ccccc23)ccc1Br. The minimum absolute atomic E-state index is 0.0972. The van der Waals surface area contributed by atoms with E-state index in [0.717, 1.165) is 14.7 Å². The summed E-state index contributed by atoms with van der Waals surface area (Å²) in [6.07, 6.45) is 0. The van der Waals surface area contributed by atoms with Crippen LogP contribution in [-0.4, -0.2) is 28.1 Å². The summed E-state index contributed by atoms with van der Waals surface area (Å²) in [5, 5.41) is 10.2. The molecule has 0 aliphatic carbocycles. The van der Waals surface area contributed by atoms with E-state index in [2.05, 4.69) is 31.7 Å². The molecule has 3 rings (SSSR count). The molecular formula is C19H17BrN4O3. The molecule has 0 spiro atoms. The lowest BCUT2D eigenvalue weighted by Gasteiger charge is -2.10. The Hall–Kier alpha value is -3.00. The van der Waals surface area contributed by atoms with Gasteiger partial charge in [-0.3, -0.25) is 14.4 Å². The van der Waals surface area contributed by atoms with Crippen LogP contribution in [0.2, 0.25) is 0 Å². The molecule has 2 N–H and O–H groups in total. The Morgan fingerprint density at radius 3 is 2.56 bits per heavy atom. The lowest BCUT2D eigenvalue weighted by molar-refractivity contribution is -0.115. The van der Waals surface area contributed by atoms with Crippen LogP contribution < -0.4 is 16.2 Å². The number of hydrogen-bond donors (Lipinski definition) is 2. The number of hydrogen-bond acceptors (Lipinski definition) is 4. The highest BCUT2D eigenvalue weighted by Gasteiger charge is 2.16. The molecule has 0 aliphatic heterocycles. The maximum Gasteiger partial charge on any atom is 0.274 e. The van der Waals surface area contributed by atoms with E-state index < -0.39 is 5.91 Å². The first-order valence-electron chi connectivity index (χ1n) is 8.17. The van der Waals surface area contributed by atoms with Crippen LogP contribution >= 0.6 is 15.9 Å². The summed E-state index contributed by atoms with van der Waals surface area (Å²) in [6, 6.07) is 12.2. The molecule has 2 aromatic carbocycles. The minimum atomic E-state index is -0.524. The Balaban J connectivity index is 1.73. The van der Waals surface area contributed by atoms with Gasteiger partial charge in [0.05, 0.1) is 11.9 Å². The van der Waals surface area contributed by atoms with Gasteiger partial charge in [-0.15, -0.1) is 0 Å². The number of halogens is 1. The molecule has 0 saturated heterocycles. The Bertz CT molecular complexity index is 1110. The third-order valence-electron chi connectivity index (χ3n) is 4.02. The summed E-state index contributed by atoms with van der Waals surface area (Å²) in [4.78, 5) is 36.7. The second-order valence-electron chi connectivity index (χ2n) is 6.02. The summed E-state index contributed by atoms with van der Waals surface area (Å²) < 4.78 is 2.06. The summed E-state index contributed by atoms with van der Waals surface area (Å²) in [6.45, 7) is 1.70. The van der Waals surface area contributed by atoms with Crippen LogP contribution in [0.1, 0.15) is 16.1 Å². The number of aryl methyl sites for hydroxylation is 2. The molecule has 2 amide bonds. The van der Waals surface area contributed by atoms with Crippen LogP contribution in [0.15, 0.2) is 51.7 Å². The Kier molecular flexibility index (Phi) is 5.36. The molecule has 0 bridgehead atoms. The topological polar surface area (TPSA) is 93.1 Å². The first-order chi connectivity index (χ1) is 12.9. The van der Waals surface area contributed by atoms with E-state index in [9.17, 15) is 14.4 Å². The zero-order chi connectivity index (χ0) is 19.6. The van der Waals surface area contributed by atoms with Gasteiger partial charge in [0.2, 0.25) is 5.91 Å². The van der Waals surface area contributed by atoms with Crippen LogP contribution in [-0.2, 0) is 11.8 Å². The molecule has 0 fully saturated rings. The van der Waals surface area contributed by atoms with E-state index in [1.807, 2.05) is 19.1 Å². The summed E-state index contributed by atoms with van der Waals surface area (Å²) in [7, 11) is 1.48. The third-order valence-corrected chi connectivity index (χ3v) is 4.91. The van der Waals surface area contributed by atoms with E-state index in [0.29, 0.717) is 16.5 Å². The van der Waals surface area contributed by atoms with E-state index in [-0.39, 0.29) is 23.7 Å². The van der Waals surface area contributed by atoms with Crippen molar-refractivity contribution < 1.29 is 9.59 Å². The fourth-order valence-electron chi connectivity index (χ4n) is 2.64. The van der Waals surface area contributed by atoms with Crippen molar-refractivity contribution in [2.75, 3.05) is 11.9 Å². The average Bonchev–Trinajstić information content (AvgIpc) is 2.66. The average molecular weight is 429 g/mol. The van der Waals surface area contributed by atoms with Gasteiger partial charge >= 0.3 is 0 Å². The van der Waals surface area contributed by atoms with Crippen molar-refractivity contribution in [1.29, 1.82) is 0 Å². The van der Waals surface area contributed by atoms with Gasteiger partial charge in [-0.05, 0) is 36.8 Å². The number of anilines is 1. The van der Waals surface area contributed by atoms with Crippen molar-refractivity contribution in [3.05, 3.63) is 68.5 Å². The molecular weight excluding hydrogens is 412 g/mol. The van der Waals surface area contributed by atoms with E-state index in [4.69, 9.17) is 0 Å². The largest absolute Gasteiger partial charge is 0.342 e. The van der Waals surface area contributed by atoms with Crippen LogP contribution in [0, 0.1) is 6.92 Å². The summed E-state index contributed by atoms with van der Waals surface area (Å²) >= 11 is 3.40. The van der Waals surface area contributed by atoms with Gasteiger partial charge in [-0.2, -0.15) is 5.10 Å². The predicted molar refractivity (Wildman–Crippen MR) is 107 cm³/mol. The van der Waals surface area contributed by atoms with Crippen molar-refractivity contribution in [2.24, 2.45) is 7.05 Å². The van der Waals surface area contributed by atoms with Gasteiger partial charge in [0.25, 0.3) is 11.5 Å². The molecule has 1 heterocycles. The lowest BCUT2D eigenvalue weighted by atomic mass is 10.1. The van der Waals surface area contributed by atoms with Gasteiger partial charge in [-0.1, -0.05) is 34.1 Å². The van der Waals surface area contributed by atoms with Crippen LogP contribution in [0.3, 0.4) is 0 Å². The number of benzene rings is 2. The number of carbonyl (C=O) groups is 2. The highest BCUT2D eigenvalue weighted by atomic mass is 79.9. The number of carbonyl (C=O) groups excluding carboxylic acids is 2. The molecule has 8 heteroatoms. The second-order valence-corrected chi connectivity index (χ2v) is 6.87. The quantitative estimate of drug-likeness (QED) is 0.666. The summed E-state index contributed by atoms with van der Waals surface area (Å²) in [5.41, 5.74) is 1.43. The van der Waals surface area contributed by atoms with Crippen molar-refractivity contribution in [3.63, 3.8) is 0 Å². The number of aromatic nitrogens is 2. The standard InChI is InChI=1S/C19H17BrN4O3/c1-11-9-12(7-8-15(11)20)22-16(25)10-21-18(26)17-13-5-3-4-6-14(13)19(27)24(2)23-17/h3-9H,10H2,1-2H3,(H,21,26)(H,22,25). The zero-order valence-electron chi connectivity index (χ0n) is 14.7. The number of rotatable bonds is 4. The number of fused-ring (bicyclic) bond motifs is 1. The Morgan fingerprint density at radius 1 is 1.15 bits per heavy atom. The normalized spacial score (nSPS) is 10.6. The zero-order valence-corrected chi connectivity index (χ0v) is 16.3. The monoisotopic (exact) mass is 428 g/mol.